The van der Waals surface area contributed by atoms with Gasteiger partial charge in [-0.3, -0.25) is 0 Å². The van der Waals surface area contributed by atoms with E-state index in [2.05, 4.69) is 52.8 Å². The summed E-state index contributed by atoms with van der Waals surface area (Å²) in [5.41, 5.74) is 10.4. The molecule has 0 spiro atoms. The van der Waals surface area contributed by atoms with Crippen molar-refractivity contribution in [3.05, 3.63) is 34.9 Å². The first-order chi connectivity index (χ1) is 6.79. The average Bonchev–Trinajstić information content (AvgIpc) is 2.06. The van der Waals surface area contributed by atoms with Crippen molar-refractivity contribution in [2.75, 3.05) is 0 Å². The van der Waals surface area contributed by atoms with Gasteiger partial charge in [0.05, 0.1) is 0 Å². The summed E-state index contributed by atoms with van der Waals surface area (Å²) in [7, 11) is 0. The van der Waals surface area contributed by atoms with Crippen LogP contribution >= 0.6 is 0 Å². The molecule has 15 heavy (non-hydrogen) atoms. The fourth-order valence-corrected chi connectivity index (χ4v) is 1.93. The fourth-order valence-electron chi connectivity index (χ4n) is 1.93. The van der Waals surface area contributed by atoms with Crippen molar-refractivity contribution >= 4 is 0 Å². The standard InChI is InChI=1S/C14H23N/c1-10-6-7-11(2)12(8-10)13(15)9-14(3,4)5/h6-8,13H,9,15H2,1-5H3. The van der Waals surface area contributed by atoms with Crippen LogP contribution in [0.5, 0.6) is 0 Å². The Labute approximate surface area is 93.7 Å². The first kappa shape index (κ1) is 12.3. The van der Waals surface area contributed by atoms with E-state index in [1.54, 1.807) is 0 Å². The molecule has 1 aromatic rings. The van der Waals surface area contributed by atoms with Crippen LogP contribution in [0.15, 0.2) is 18.2 Å². The van der Waals surface area contributed by atoms with Gasteiger partial charge in [0.2, 0.25) is 0 Å². The van der Waals surface area contributed by atoms with E-state index in [4.69, 9.17) is 5.73 Å². The number of hydrogen-bond donors (Lipinski definition) is 1. The summed E-state index contributed by atoms with van der Waals surface area (Å²) in [6.45, 7) is 11.0. The minimum atomic E-state index is 0.157. The summed E-state index contributed by atoms with van der Waals surface area (Å²) in [6, 6.07) is 6.67. The van der Waals surface area contributed by atoms with E-state index in [9.17, 15) is 0 Å². The van der Waals surface area contributed by atoms with Gasteiger partial charge in [-0.25, -0.2) is 0 Å². The highest BCUT2D eigenvalue weighted by molar-refractivity contribution is 5.32. The molecular formula is C14H23N. The van der Waals surface area contributed by atoms with Gasteiger partial charge in [-0.05, 0) is 36.8 Å². The molecule has 0 aliphatic carbocycles. The largest absolute Gasteiger partial charge is 0.324 e. The van der Waals surface area contributed by atoms with Crippen LogP contribution in [0.25, 0.3) is 0 Å². The molecule has 0 fully saturated rings. The Bertz CT molecular complexity index is 334. The average molecular weight is 205 g/mol. The Balaban J connectivity index is 2.90. The molecular weight excluding hydrogens is 182 g/mol. The molecule has 0 aromatic heterocycles. The van der Waals surface area contributed by atoms with Crippen LogP contribution in [0.1, 0.15) is 49.9 Å². The second-order valence-electron chi connectivity index (χ2n) is 5.73. The third kappa shape index (κ3) is 3.67. The molecule has 1 nitrogen and oxygen atoms in total. The summed E-state index contributed by atoms with van der Waals surface area (Å²) < 4.78 is 0. The molecule has 0 aliphatic heterocycles. The molecule has 0 amide bonds. The summed E-state index contributed by atoms with van der Waals surface area (Å²) in [4.78, 5) is 0. The maximum Gasteiger partial charge on any atom is 0.0302 e. The van der Waals surface area contributed by atoms with E-state index in [1.165, 1.54) is 16.7 Å². The summed E-state index contributed by atoms with van der Waals surface area (Å²) in [5.74, 6) is 0. The SMILES string of the molecule is Cc1ccc(C)c(C(N)CC(C)(C)C)c1. The van der Waals surface area contributed by atoms with E-state index in [0.29, 0.717) is 0 Å². The lowest BCUT2D eigenvalue weighted by atomic mass is 9.84. The van der Waals surface area contributed by atoms with Crippen molar-refractivity contribution in [3.63, 3.8) is 0 Å². The maximum absolute atomic E-state index is 6.25. The lowest BCUT2D eigenvalue weighted by Crippen LogP contribution is -2.19. The smallest absolute Gasteiger partial charge is 0.0302 e. The van der Waals surface area contributed by atoms with Gasteiger partial charge in [0.25, 0.3) is 0 Å². The third-order valence-electron chi connectivity index (χ3n) is 2.67. The Morgan fingerprint density at radius 1 is 1.20 bits per heavy atom. The Morgan fingerprint density at radius 3 is 2.33 bits per heavy atom. The molecule has 2 N–H and O–H groups in total. The molecule has 0 aliphatic rings. The number of aryl methyl sites for hydroxylation is 2. The first-order valence-electron chi connectivity index (χ1n) is 5.62. The molecule has 1 heteroatoms. The third-order valence-corrected chi connectivity index (χ3v) is 2.67. The van der Waals surface area contributed by atoms with Gasteiger partial charge < -0.3 is 5.73 Å². The number of nitrogens with two attached hydrogens (primary N) is 1. The van der Waals surface area contributed by atoms with Crippen molar-refractivity contribution in [1.29, 1.82) is 0 Å². The molecule has 0 saturated heterocycles. The number of rotatable bonds is 2. The van der Waals surface area contributed by atoms with Gasteiger partial charge in [-0.1, -0.05) is 44.5 Å². The molecule has 0 heterocycles. The summed E-state index contributed by atoms with van der Waals surface area (Å²) in [6.07, 6.45) is 1.03. The second-order valence-corrected chi connectivity index (χ2v) is 5.73. The molecule has 1 unspecified atom stereocenters. The van der Waals surface area contributed by atoms with Crippen molar-refractivity contribution in [1.82, 2.24) is 0 Å². The topological polar surface area (TPSA) is 26.0 Å². The zero-order chi connectivity index (χ0) is 11.6. The van der Waals surface area contributed by atoms with Crippen LogP contribution in [0.2, 0.25) is 0 Å². The fraction of sp³-hybridized carbons (Fsp3) is 0.571. The van der Waals surface area contributed by atoms with Gasteiger partial charge in [0.1, 0.15) is 0 Å². The van der Waals surface area contributed by atoms with E-state index >= 15 is 0 Å². The molecule has 0 bridgehead atoms. The second kappa shape index (κ2) is 4.36. The van der Waals surface area contributed by atoms with Crippen LogP contribution in [-0.4, -0.2) is 0 Å². The van der Waals surface area contributed by atoms with Gasteiger partial charge in [-0.15, -0.1) is 0 Å². The lowest BCUT2D eigenvalue weighted by molar-refractivity contribution is 0.342. The Kier molecular flexibility index (Phi) is 3.56. The van der Waals surface area contributed by atoms with E-state index in [1.807, 2.05) is 0 Å². The van der Waals surface area contributed by atoms with Gasteiger partial charge in [0.15, 0.2) is 0 Å². The van der Waals surface area contributed by atoms with E-state index in [0.717, 1.165) is 6.42 Å². The van der Waals surface area contributed by atoms with E-state index in [-0.39, 0.29) is 11.5 Å². The molecule has 1 rings (SSSR count). The minimum absolute atomic E-state index is 0.157. The maximum atomic E-state index is 6.25. The highest BCUT2D eigenvalue weighted by atomic mass is 14.6. The first-order valence-corrected chi connectivity index (χ1v) is 5.62. The summed E-state index contributed by atoms with van der Waals surface area (Å²) >= 11 is 0. The van der Waals surface area contributed by atoms with Crippen LogP contribution in [-0.2, 0) is 0 Å². The summed E-state index contributed by atoms with van der Waals surface area (Å²) in [5, 5.41) is 0. The van der Waals surface area contributed by atoms with Crippen molar-refractivity contribution in [2.45, 2.75) is 47.1 Å². The van der Waals surface area contributed by atoms with Crippen molar-refractivity contribution < 1.29 is 0 Å². The zero-order valence-corrected chi connectivity index (χ0v) is 10.6. The molecule has 0 radical (unpaired) electrons. The quantitative estimate of drug-likeness (QED) is 0.782. The van der Waals surface area contributed by atoms with Crippen LogP contribution in [0.4, 0.5) is 0 Å². The monoisotopic (exact) mass is 205 g/mol. The molecule has 0 saturated carbocycles. The number of benzene rings is 1. The normalized spacial score (nSPS) is 14.0. The van der Waals surface area contributed by atoms with E-state index < -0.39 is 0 Å². The predicted octanol–water partition coefficient (Wildman–Crippen LogP) is 3.74. The van der Waals surface area contributed by atoms with Crippen molar-refractivity contribution in [2.24, 2.45) is 11.1 Å². The lowest BCUT2D eigenvalue weighted by Gasteiger charge is -2.24. The van der Waals surface area contributed by atoms with Crippen LogP contribution in [0.3, 0.4) is 0 Å². The van der Waals surface area contributed by atoms with Gasteiger partial charge in [0, 0.05) is 6.04 Å². The zero-order valence-electron chi connectivity index (χ0n) is 10.6. The molecule has 1 atom stereocenters. The highest BCUT2D eigenvalue weighted by Crippen LogP contribution is 2.29. The van der Waals surface area contributed by atoms with Gasteiger partial charge >= 0.3 is 0 Å². The Hall–Kier alpha value is -0.820. The predicted molar refractivity (Wildman–Crippen MR) is 66.9 cm³/mol. The molecule has 1 aromatic carbocycles. The Morgan fingerprint density at radius 2 is 1.80 bits per heavy atom. The minimum Gasteiger partial charge on any atom is -0.324 e. The van der Waals surface area contributed by atoms with Gasteiger partial charge in [-0.2, -0.15) is 0 Å². The van der Waals surface area contributed by atoms with Crippen molar-refractivity contribution in [3.8, 4) is 0 Å². The van der Waals surface area contributed by atoms with Crippen LogP contribution in [0, 0.1) is 19.3 Å². The number of hydrogen-bond acceptors (Lipinski definition) is 1. The van der Waals surface area contributed by atoms with Crippen LogP contribution < -0.4 is 5.73 Å². The molecule has 84 valence electrons. The highest BCUT2D eigenvalue weighted by Gasteiger charge is 2.18.